The van der Waals surface area contributed by atoms with Crippen molar-refractivity contribution >= 4 is 11.6 Å². The fraction of sp³-hybridized carbons (Fsp3) is 0.286. The molecule has 2 aromatic rings. The first-order chi connectivity index (χ1) is 9.61. The number of hydrogen-bond acceptors (Lipinski definition) is 4. The maximum Gasteiger partial charge on any atom is 0.271 e. The first kappa shape index (κ1) is 14.1. The van der Waals surface area contributed by atoms with Crippen LogP contribution < -0.4 is 11.1 Å². The van der Waals surface area contributed by atoms with E-state index in [4.69, 9.17) is 5.73 Å². The maximum atomic E-state index is 11.9. The van der Waals surface area contributed by atoms with Crippen molar-refractivity contribution in [3.05, 3.63) is 42.2 Å². The van der Waals surface area contributed by atoms with Gasteiger partial charge in [0.25, 0.3) is 5.91 Å². The van der Waals surface area contributed by atoms with Gasteiger partial charge in [0.15, 0.2) is 5.69 Å². The van der Waals surface area contributed by atoms with Crippen molar-refractivity contribution in [2.75, 3.05) is 12.3 Å². The molecule has 20 heavy (non-hydrogen) atoms. The fourth-order valence-electron chi connectivity index (χ4n) is 1.72. The van der Waals surface area contributed by atoms with Crippen LogP contribution in [0.3, 0.4) is 0 Å². The van der Waals surface area contributed by atoms with Crippen LogP contribution in [0.1, 0.15) is 23.8 Å². The van der Waals surface area contributed by atoms with Crippen LogP contribution in [0.15, 0.2) is 36.5 Å². The molecule has 106 valence electrons. The van der Waals surface area contributed by atoms with Crippen LogP contribution in [0.25, 0.3) is 5.69 Å². The van der Waals surface area contributed by atoms with E-state index in [0.29, 0.717) is 12.1 Å². The summed E-state index contributed by atoms with van der Waals surface area (Å²) in [6.07, 6.45) is 1.73. The van der Waals surface area contributed by atoms with Crippen LogP contribution in [0.4, 0.5) is 5.69 Å². The Balaban J connectivity index is 2.09. The van der Waals surface area contributed by atoms with Crippen molar-refractivity contribution < 1.29 is 9.90 Å². The molecule has 0 fully saturated rings. The first-order valence-electron chi connectivity index (χ1n) is 6.48. The number of para-hydroxylation sites is 2. The van der Waals surface area contributed by atoms with Gasteiger partial charge in [0.2, 0.25) is 0 Å². The van der Waals surface area contributed by atoms with Crippen LogP contribution in [0.5, 0.6) is 0 Å². The summed E-state index contributed by atoms with van der Waals surface area (Å²) in [6, 6.07) is 8.89. The fourth-order valence-corrected chi connectivity index (χ4v) is 1.72. The van der Waals surface area contributed by atoms with Gasteiger partial charge in [-0.3, -0.25) is 4.79 Å². The van der Waals surface area contributed by atoms with E-state index in [9.17, 15) is 9.90 Å². The van der Waals surface area contributed by atoms with Crippen molar-refractivity contribution in [2.24, 2.45) is 0 Å². The highest BCUT2D eigenvalue weighted by Crippen LogP contribution is 2.15. The van der Waals surface area contributed by atoms with Gasteiger partial charge in [-0.1, -0.05) is 19.1 Å². The minimum Gasteiger partial charge on any atom is -0.397 e. The van der Waals surface area contributed by atoms with E-state index in [0.717, 1.165) is 5.69 Å². The summed E-state index contributed by atoms with van der Waals surface area (Å²) in [5.41, 5.74) is 7.46. The lowest BCUT2D eigenvalue weighted by Crippen LogP contribution is -2.32. The molecule has 0 saturated carbocycles. The number of amides is 1. The van der Waals surface area contributed by atoms with Crippen molar-refractivity contribution in [3.8, 4) is 5.69 Å². The smallest absolute Gasteiger partial charge is 0.271 e. The van der Waals surface area contributed by atoms with Crippen LogP contribution in [-0.2, 0) is 0 Å². The van der Waals surface area contributed by atoms with Gasteiger partial charge < -0.3 is 16.2 Å². The second-order valence-electron chi connectivity index (χ2n) is 4.48. The largest absolute Gasteiger partial charge is 0.397 e. The molecule has 0 aliphatic rings. The topological polar surface area (TPSA) is 93.2 Å². The standard InChI is InChI=1S/C14H18N4O2/c1-2-10(19)9-16-14(20)12-7-8-18(17-12)13-6-4-3-5-11(13)15/h3-8,10,19H,2,9,15H2,1H3,(H,16,20). The van der Waals surface area contributed by atoms with Crippen LogP contribution in [-0.4, -0.2) is 33.4 Å². The van der Waals surface area contributed by atoms with E-state index in [1.165, 1.54) is 0 Å². The van der Waals surface area contributed by atoms with Crippen LogP contribution in [0.2, 0.25) is 0 Å². The lowest BCUT2D eigenvalue weighted by Gasteiger charge is -2.08. The summed E-state index contributed by atoms with van der Waals surface area (Å²) in [5.74, 6) is -0.314. The van der Waals surface area contributed by atoms with Gasteiger partial charge in [0, 0.05) is 12.7 Å². The number of aliphatic hydroxyl groups excluding tert-OH is 1. The number of carbonyl (C=O) groups excluding carboxylic acids is 1. The summed E-state index contributed by atoms with van der Waals surface area (Å²) in [4.78, 5) is 11.9. The predicted octanol–water partition coefficient (Wildman–Crippen LogP) is 0.955. The van der Waals surface area contributed by atoms with E-state index in [1.54, 1.807) is 23.0 Å². The zero-order chi connectivity index (χ0) is 14.5. The highest BCUT2D eigenvalue weighted by atomic mass is 16.3. The van der Waals surface area contributed by atoms with Gasteiger partial charge in [0.1, 0.15) is 0 Å². The number of hydrogen-bond donors (Lipinski definition) is 3. The molecule has 0 spiro atoms. The molecule has 1 atom stereocenters. The lowest BCUT2D eigenvalue weighted by atomic mass is 10.3. The Bertz CT molecular complexity index is 594. The number of nitrogens with zero attached hydrogens (tertiary/aromatic N) is 2. The van der Waals surface area contributed by atoms with E-state index in [2.05, 4.69) is 10.4 Å². The maximum absolute atomic E-state index is 11.9. The zero-order valence-corrected chi connectivity index (χ0v) is 11.3. The van der Waals surface area contributed by atoms with Crippen LogP contribution >= 0.6 is 0 Å². The first-order valence-corrected chi connectivity index (χ1v) is 6.48. The Hall–Kier alpha value is -2.34. The molecule has 1 heterocycles. The highest BCUT2D eigenvalue weighted by Gasteiger charge is 2.12. The Kier molecular flexibility index (Phi) is 4.37. The molecular formula is C14H18N4O2. The molecular weight excluding hydrogens is 256 g/mol. The van der Waals surface area contributed by atoms with Crippen molar-refractivity contribution in [1.82, 2.24) is 15.1 Å². The third kappa shape index (κ3) is 3.16. The summed E-state index contributed by atoms with van der Waals surface area (Å²) >= 11 is 0. The summed E-state index contributed by atoms with van der Waals surface area (Å²) in [5, 5.41) is 16.2. The quantitative estimate of drug-likeness (QED) is 0.708. The number of carbonyl (C=O) groups is 1. The lowest BCUT2D eigenvalue weighted by molar-refractivity contribution is 0.0908. The second kappa shape index (κ2) is 6.21. The Labute approximate surface area is 117 Å². The molecule has 0 radical (unpaired) electrons. The Morgan fingerprint density at radius 1 is 1.45 bits per heavy atom. The number of anilines is 1. The Morgan fingerprint density at radius 2 is 2.20 bits per heavy atom. The number of benzene rings is 1. The molecule has 1 aromatic heterocycles. The molecule has 2 rings (SSSR count). The SMILES string of the molecule is CCC(O)CNC(=O)c1ccn(-c2ccccc2N)n1. The molecule has 0 aliphatic carbocycles. The molecule has 0 bridgehead atoms. The number of nitrogens with one attached hydrogen (secondary N) is 1. The molecule has 6 heteroatoms. The predicted molar refractivity (Wildman–Crippen MR) is 76.6 cm³/mol. The molecule has 1 aromatic carbocycles. The van der Waals surface area contributed by atoms with E-state index in [-0.39, 0.29) is 18.1 Å². The molecule has 4 N–H and O–H groups in total. The van der Waals surface area contributed by atoms with Crippen molar-refractivity contribution in [2.45, 2.75) is 19.4 Å². The number of aromatic nitrogens is 2. The molecule has 0 aliphatic heterocycles. The summed E-state index contributed by atoms with van der Waals surface area (Å²) in [7, 11) is 0. The molecule has 0 saturated heterocycles. The zero-order valence-electron chi connectivity index (χ0n) is 11.3. The highest BCUT2D eigenvalue weighted by molar-refractivity contribution is 5.92. The van der Waals surface area contributed by atoms with Gasteiger partial charge in [-0.15, -0.1) is 0 Å². The normalized spacial score (nSPS) is 12.1. The van der Waals surface area contributed by atoms with E-state index in [1.807, 2.05) is 25.1 Å². The van der Waals surface area contributed by atoms with Crippen molar-refractivity contribution in [3.63, 3.8) is 0 Å². The number of nitrogens with two attached hydrogens (primary N) is 1. The second-order valence-corrected chi connectivity index (χ2v) is 4.48. The number of rotatable bonds is 5. The van der Waals surface area contributed by atoms with Gasteiger partial charge in [-0.05, 0) is 24.6 Å². The van der Waals surface area contributed by atoms with Gasteiger partial charge in [-0.2, -0.15) is 5.10 Å². The van der Waals surface area contributed by atoms with E-state index >= 15 is 0 Å². The minimum absolute atomic E-state index is 0.218. The van der Waals surface area contributed by atoms with Gasteiger partial charge >= 0.3 is 0 Å². The van der Waals surface area contributed by atoms with E-state index < -0.39 is 6.10 Å². The molecule has 6 nitrogen and oxygen atoms in total. The number of nitrogen functional groups attached to an aromatic ring is 1. The number of aliphatic hydroxyl groups is 1. The summed E-state index contributed by atoms with van der Waals surface area (Å²) < 4.78 is 1.56. The summed E-state index contributed by atoms with van der Waals surface area (Å²) in [6.45, 7) is 2.07. The van der Waals surface area contributed by atoms with Crippen LogP contribution in [0, 0.1) is 0 Å². The van der Waals surface area contributed by atoms with Gasteiger partial charge in [-0.25, -0.2) is 4.68 Å². The monoisotopic (exact) mass is 274 g/mol. The third-order valence-electron chi connectivity index (χ3n) is 2.97. The minimum atomic E-state index is -0.536. The average molecular weight is 274 g/mol. The third-order valence-corrected chi connectivity index (χ3v) is 2.97. The average Bonchev–Trinajstić information content (AvgIpc) is 2.94. The molecule has 1 amide bonds. The molecule has 1 unspecified atom stereocenters. The Morgan fingerprint density at radius 3 is 2.90 bits per heavy atom. The van der Waals surface area contributed by atoms with Gasteiger partial charge in [0.05, 0.1) is 17.5 Å². The van der Waals surface area contributed by atoms with Crippen molar-refractivity contribution in [1.29, 1.82) is 0 Å².